The van der Waals surface area contributed by atoms with Gasteiger partial charge in [-0.05, 0) is 74.8 Å². The summed E-state index contributed by atoms with van der Waals surface area (Å²) in [7, 11) is 0. The Kier molecular flexibility index (Phi) is 3.32. The van der Waals surface area contributed by atoms with Crippen molar-refractivity contribution in [1.29, 1.82) is 0 Å². The summed E-state index contributed by atoms with van der Waals surface area (Å²) in [5.41, 5.74) is 3.88. The molecule has 2 aromatic heterocycles. The minimum absolute atomic E-state index is 0.629. The number of aryl methyl sites for hydroxylation is 1. The van der Waals surface area contributed by atoms with Crippen molar-refractivity contribution in [1.82, 2.24) is 14.5 Å². The Hall–Kier alpha value is -0.980. The number of aromatic amines is 1. The van der Waals surface area contributed by atoms with Crippen molar-refractivity contribution in [3.63, 3.8) is 0 Å². The fourth-order valence-corrected chi connectivity index (χ4v) is 3.67. The number of benzene rings is 1. The molecule has 6 heteroatoms. The van der Waals surface area contributed by atoms with Crippen LogP contribution in [-0.4, -0.2) is 14.5 Å². The van der Waals surface area contributed by atoms with Gasteiger partial charge < -0.3 is 4.98 Å². The SMILES string of the molecule is Cc1ccnc2c1[nH]c(=S)n2-c1c(Br)cccc1Br. The van der Waals surface area contributed by atoms with E-state index in [0.29, 0.717) is 4.77 Å². The lowest BCUT2D eigenvalue weighted by molar-refractivity contribution is 1.03. The molecule has 1 N–H and O–H groups in total. The number of halogens is 2. The molecule has 0 spiro atoms. The van der Waals surface area contributed by atoms with Gasteiger partial charge in [0, 0.05) is 15.1 Å². The molecule has 0 bridgehead atoms. The lowest BCUT2D eigenvalue weighted by Crippen LogP contribution is -1.98. The fraction of sp³-hybridized carbons (Fsp3) is 0.0769. The molecule has 96 valence electrons. The van der Waals surface area contributed by atoms with Crippen LogP contribution in [0.25, 0.3) is 16.9 Å². The molecule has 0 aliphatic carbocycles. The molecular formula is C13H9Br2N3S. The van der Waals surface area contributed by atoms with E-state index in [1.807, 2.05) is 35.8 Å². The van der Waals surface area contributed by atoms with Crippen LogP contribution in [0.15, 0.2) is 39.4 Å². The highest BCUT2D eigenvalue weighted by molar-refractivity contribution is 9.11. The Bertz CT molecular complexity index is 815. The maximum absolute atomic E-state index is 5.44. The van der Waals surface area contributed by atoms with Crippen LogP contribution in [0.3, 0.4) is 0 Å². The third-order valence-corrected chi connectivity index (χ3v) is 4.51. The van der Waals surface area contributed by atoms with Gasteiger partial charge in [-0.1, -0.05) is 6.07 Å². The van der Waals surface area contributed by atoms with Gasteiger partial charge in [0.05, 0.1) is 11.2 Å². The summed E-state index contributed by atoms with van der Waals surface area (Å²) in [6.07, 6.45) is 1.79. The second kappa shape index (κ2) is 4.85. The van der Waals surface area contributed by atoms with Crippen molar-refractivity contribution < 1.29 is 0 Å². The molecule has 0 saturated carbocycles. The highest BCUT2D eigenvalue weighted by atomic mass is 79.9. The van der Waals surface area contributed by atoms with Crippen LogP contribution in [0.4, 0.5) is 0 Å². The van der Waals surface area contributed by atoms with Crippen LogP contribution in [-0.2, 0) is 0 Å². The van der Waals surface area contributed by atoms with Crippen LogP contribution in [0, 0.1) is 11.7 Å². The quantitative estimate of drug-likeness (QED) is 0.590. The van der Waals surface area contributed by atoms with E-state index < -0.39 is 0 Å². The normalized spacial score (nSPS) is 11.1. The Morgan fingerprint density at radius 1 is 1.21 bits per heavy atom. The van der Waals surface area contributed by atoms with E-state index in [4.69, 9.17) is 12.2 Å². The Balaban J connectivity index is 2.47. The van der Waals surface area contributed by atoms with Crippen molar-refractivity contribution >= 4 is 55.2 Å². The average molecular weight is 399 g/mol. The first-order chi connectivity index (χ1) is 9.09. The van der Waals surface area contributed by atoms with E-state index in [-0.39, 0.29) is 0 Å². The molecule has 0 unspecified atom stereocenters. The number of imidazole rings is 1. The fourth-order valence-electron chi connectivity index (χ4n) is 2.04. The lowest BCUT2D eigenvalue weighted by Gasteiger charge is -2.09. The van der Waals surface area contributed by atoms with E-state index in [9.17, 15) is 0 Å². The van der Waals surface area contributed by atoms with Gasteiger partial charge in [0.1, 0.15) is 0 Å². The molecule has 3 rings (SSSR count). The van der Waals surface area contributed by atoms with Gasteiger partial charge in [-0.25, -0.2) is 4.98 Å². The van der Waals surface area contributed by atoms with Crippen LogP contribution in [0.2, 0.25) is 0 Å². The Morgan fingerprint density at radius 3 is 2.58 bits per heavy atom. The first kappa shape index (κ1) is 13.0. The number of pyridine rings is 1. The number of nitrogens with one attached hydrogen (secondary N) is 1. The zero-order chi connectivity index (χ0) is 13.6. The third kappa shape index (κ3) is 2.07. The summed E-state index contributed by atoms with van der Waals surface area (Å²) >= 11 is 12.6. The van der Waals surface area contributed by atoms with E-state index in [1.54, 1.807) is 6.20 Å². The molecule has 0 aliphatic heterocycles. The number of H-pyrrole nitrogens is 1. The largest absolute Gasteiger partial charge is 0.329 e. The molecule has 0 atom stereocenters. The maximum atomic E-state index is 5.44. The van der Waals surface area contributed by atoms with E-state index in [0.717, 1.165) is 31.4 Å². The van der Waals surface area contributed by atoms with Crippen molar-refractivity contribution in [3.8, 4) is 5.69 Å². The Labute approximate surface area is 131 Å². The zero-order valence-corrected chi connectivity index (χ0v) is 13.9. The van der Waals surface area contributed by atoms with Gasteiger partial charge in [0.2, 0.25) is 0 Å². The molecule has 19 heavy (non-hydrogen) atoms. The number of hydrogen-bond acceptors (Lipinski definition) is 2. The van der Waals surface area contributed by atoms with Crippen molar-refractivity contribution in [2.75, 3.05) is 0 Å². The second-order valence-electron chi connectivity index (χ2n) is 4.16. The number of nitrogens with zero attached hydrogens (tertiary/aromatic N) is 2. The van der Waals surface area contributed by atoms with Crippen molar-refractivity contribution in [3.05, 3.63) is 49.7 Å². The third-order valence-electron chi connectivity index (χ3n) is 2.95. The number of rotatable bonds is 1. The van der Waals surface area contributed by atoms with Gasteiger partial charge in [0.25, 0.3) is 0 Å². The van der Waals surface area contributed by atoms with E-state index in [2.05, 4.69) is 41.8 Å². The summed E-state index contributed by atoms with van der Waals surface area (Å²) in [6.45, 7) is 2.04. The van der Waals surface area contributed by atoms with Crippen LogP contribution >= 0.6 is 44.1 Å². The van der Waals surface area contributed by atoms with Gasteiger partial charge in [-0.3, -0.25) is 4.57 Å². The molecule has 3 nitrogen and oxygen atoms in total. The lowest BCUT2D eigenvalue weighted by atomic mass is 10.2. The van der Waals surface area contributed by atoms with Crippen LogP contribution in [0.5, 0.6) is 0 Å². The van der Waals surface area contributed by atoms with Crippen molar-refractivity contribution in [2.24, 2.45) is 0 Å². The van der Waals surface area contributed by atoms with E-state index >= 15 is 0 Å². The number of fused-ring (bicyclic) bond motifs is 1. The molecule has 2 heterocycles. The molecule has 0 saturated heterocycles. The van der Waals surface area contributed by atoms with Crippen molar-refractivity contribution in [2.45, 2.75) is 6.92 Å². The number of aromatic nitrogens is 3. The van der Waals surface area contributed by atoms with Crippen LogP contribution in [0.1, 0.15) is 5.56 Å². The summed E-state index contributed by atoms with van der Waals surface area (Å²) in [5, 5.41) is 0. The summed E-state index contributed by atoms with van der Waals surface area (Å²) in [5.74, 6) is 0. The molecule has 0 aliphatic rings. The van der Waals surface area contributed by atoms with Gasteiger partial charge in [0.15, 0.2) is 10.4 Å². The average Bonchev–Trinajstić information content (AvgIpc) is 2.68. The summed E-state index contributed by atoms with van der Waals surface area (Å²) < 4.78 is 4.49. The molecule has 0 radical (unpaired) electrons. The molecule has 0 amide bonds. The highest BCUT2D eigenvalue weighted by Crippen LogP contribution is 2.31. The predicted octanol–water partition coefficient (Wildman–Crippen LogP) is 4.92. The zero-order valence-electron chi connectivity index (χ0n) is 9.95. The maximum Gasteiger partial charge on any atom is 0.184 e. The minimum Gasteiger partial charge on any atom is -0.329 e. The van der Waals surface area contributed by atoms with Gasteiger partial charge >= 0.3 is 0 Å². The Morgan fingerprint density at radius 2 is 1.89 bits per heavy atom. The topological polar surface area (TPSA) is 33.6 Å². The second-order valence-corrected chi connectivity index (χ2v) is 6.26. The minimum atomic E-state index is 0.629. The smallest absolute Gasteiger partial charge is 0.184 e. The molecular weight excluding hydrogens is 390 g/mol. The van der Waals surface area contributed by atoms with Gasteiger partial charge in [-0.15, -0.1) is 0 Å². The molecule has 0 fully saturated rings. The first-order valence-corrected chi connectivity index (χ1v) is 7.59. The molecule has 1 aromatic carbocycles. The summed E-state index contributed by atoms with van der Waals surface area (Å²) in [6, 6.07) is 7.90. The van der Waals surface area contributed by atoms with Crippen LogP contribution < -0.4 is 0 Å². The van der Waals surface area contributed by atoms with E-state index in [1.165, 1.54) is 0 Å². The predicted molar refractivity (Wildman–Crippen MR) is 86.4 cm³/mol. The standard InChI is InChI=1S/C13H9Br2N3S/c1-7-5-6-16-12-10(7)17-13(19)18(12)11-8(14)3-2-4-9(11)15/h2-6H,1H3,(H,17,19). The molecule has 3 aromatic rings. The number of hydrogen-bond donors (Lipinski definition) is 1. The van der Waals surface area contributed by atoms with Gasteiger partial charge in [-0.2, -0.15) is 0 Å². The highest BCUT2D eigenvalue weighted by Gasteiger charge is 2.14. The summed E-state index contributed by atoms with van der Waals surface area (Å²) in [4.78, 5) is 7.67. The monoisotopic (exact) mass is 397 g/mol. The first-order valence-electron chi connectivity index (χ1n) is 5.60. The number of para-hydroxylation sites is 1.